The summed E-state index contributed by atoms with van der Waals surface area (Å²) in [6, 6.07) is 7.82. The molecule has 29 heavy (non-hydrogen) atoms. The molecule has 0 atom stereocenters. The fraction of sp³-hybridized carbons (Fsp3) is 0.278. The molecule has 2 aliphatic heterocycles. The summed E-state index contributed by atoms with van der Waals surface area (Å²) >= 11 is 0. The molecular formula is C18H15F2N3O6. The van der Waals surface area contributed by atoms with E-state index in [1.807, 2.05) is 4.90 Å². The highest BCUT2D eigenvalue weighted by molar-refractivity contribution is 6.08. The molecule has 1 saturated heterocycles. The van der Waals surface area contributed by atoms with Crippen molar-refractivity contribution in [2.45, 2.75) is 6.29 Å². The molecule has 0 unspecified atom stereocenters. The number of nitro benzene ring substituents is 1. The summed E-state index contributed by atoms with van der Waals surface area (Å²) in [5.74, 6) is -1.00. The average molecular weight is 407 g/mol. The molecule has 0 radical (unpaired) electrons. The number of alkyl halides is 2. The van der Waals surface area contributed by atoms with Crippen LogP contribution < -0.4 is 19.7 Å². The minimum Gasteiger partial charge on any atom is -0.395 e. The first-order valence-corrected chi connectivity index (χ1v) is 8.65. The number of nitro groups is 1. The highest BCUT2D eigenvalue weighted by Crippen LogP contribution is 2.42. The van der Waals surface area contributed by atoms with Gasteiger partial charge in [-0.05, 0) is 18.2 Å². The number of nitrogens with one attached hydrogen (secondary N) is 1. The SMILES string of the molecule is O=C(Nc1ccc2c(c1)OC(F)(F)O2)c1cc([N+](=O)[O-])ccc1N1CCOCC1. The molecule has 0 aliphatic carbocycles. The van der Waals surface area contributed by atoms with Gasteiger partial charge in [-0.15, -0.1) is 8.78 Å². The van der Waals surface area contributed by atoms with Crippen molar-refractivity contribution in [3.63, 3.8) is 0 Å². The number of anilines is 2. The minimum absolute atomic E-state index is 0.0871. The van der Waals surface area contributed by atoms with Crippen LogP contribution in [-0.2, 0) is 4.74 Å². The van der Waals surface area contributed by atoms with Crippen LogP contribution in [0.4, 0.5) is 25.8 Å². The summed E-state index contributed by atoms with van der Waals surface area (Å²) in [6.07, 6.45) is -3.77. The first-order chi connectivity index (χ1) is 13.8. The number of halogens is 2. The van der Waals surface area contributed by atoms with Crippen molar-refractivity contribution in [1.82, 2.24) is 0 Å². The van der Waals surface area contributed by atoms with Gasteiger partial charge in [0.05, 0.1) is 29.4 Å². The molecule has 1 N–H and O–H groups in total. The van der Waals surface area contributed by atoms with Gasteiger partial charge in [0.25, 0.3) is 11.6 Å². The predicted octanol–water partition coefficient (Wildman–Crippen LogP) is 3.01. The second-order valence-corrected chi connectivity index (χ2v) is 6.34. The quantitative estimate of drug-likeness (QED) is 0.614. The third-order valence-corrected chi connectivity index (χ3v) is 4.45. The van der Waals surface area contributed by atoms with E-state index in [0.717, 1.165) is 0 Å². The van der Waals surface area contributed by atoms with Gasteiger partial charge in [-0.2, -0.15) is 0 Å². The Labute approximate surface area is 162 Å². The third kappa shape index (κ3) is 3.90. The molecule has 2 aromatic carbocycles. The van der Waals surface area contributed by atoms with Gasteiger partial charge in [-0.3, -0.25) is 14.9 Å². The van der Waals surface area contributed by atoms with Crippen molar-refractivity contribution < 1.29 is 32.7 Å². The van der Waals surface area contributed by atoms with Crippen LogP contribution in [0.15, 0.2) is 36.4 Å². The van der Waals surface area contributed by atoms with Crippen LogP contribution in [0.5, 0.6) is 11.5 Å². The maximum Gasteiger partial charge on any atom is 0.586 e. The van der Waals surface area contributed by atoms with Gasteiger partial charge in [0, 0.05) is 37.0 Å². The lowest BCUT2D eigenvalue weighted by molar-refractivity contribution is -0.384. The fourth-order valence-corrected chi connectivity index (χ4v) is 3.12. The Morgan fingerprint density at radius 3 is 2.55 bits per heavy atom. The topological polar surface area (TPSA) is 103 Å². The maximum atomic E-state index is 13.2. The molecule has 4 rings (SSSR count). The second kappa shape index (κ2) is 7.17. The second-order valence-electron chi connectivity index (χ2n) is 6.34. The number of fused-ring (bicyclic) bond motifs is 1. The van der Waals surface area contributed by atoms with Crippen LogP contribution in [0.3, 0.4) is 0 Å². The molecule has 1 fully saturated rings. The molecule has 0 aromatic heterocycles. The standard InChI is InChI=1S/C18H15F2N3O6/c19-18(20)28-15-4-1-11(9-16(15)29-18)21-17(24)13-10-12(23(25)26)2-3-14(13)22-5-7-27-8-6-22/h1-4,9-10H,5-8H2,(H,21,24). The van der Waals surface area contributed by atoms with E-state index >= 15 is 0 Å². The number of nitrogens with zero attached hydrogens (tertiary/aromatic N) is 2. The van der Waals surface area contributed by atoms with E-state index in [1.165, 1.54) is 36.4 Å². The van der Waals surface area contributed by atoms with Gasteiger partial charge in [0.15, 0.2) is 11.5 Å². The van der Waals surface area contributed by atoms with Crippen LogP contribution in [0, 0.1) is 10.1 Å². The summed E-state index contributed by atoms with van der Waals surface area (Å²) in [4.78, 5) is 25.3. The number of benzene rings is 2. The van der Waals surface area contributed by atoms with Crippen LogP contribution in [0.2, 0.25) is 0 Å². The molecule has 9 nitrogen and oxygen atoms in total. The zero-order valence-electron chi connectivity index (χ0n) is 14.9. The van der Waals surface area contributed by atoms with Crippen molar-refractivity contribution in [3.05, 3.63) is 52.1 Å². The van der Waals surface area contributed by atoms with Crippen molar-refractivity contribution in [2.24, 2.45) is 0 Å². The van der Waals surface area contributed by atoms with E-state index < -0.39 is 17.1 Å². The molecule has 2 heterocycles. The van der Waals surface area contributed by atoms with Crippen molar-refractivity contribution in [2.75, 3.05) is 36.5 Å². The van der Waals surface area contributed by atoms with Crippen LogP contribution >= 0.6 is 0 Å². The van der Waals surface area contributed by atoms with Gasteiger partial charge in [0.2, 0.25) is 0 Å². The lowest BCUT2D eigenvalue weighted by Gasteiger charge is -2.30. The van der Waals surface area contributed by atoms with E-state index in [9.17, 15) is 23.7 Å². The average Bonchev–Trinajstić information content (AvgIpc) is 3.01. The van der Waals surface area contributed by atoms with Gasteiger partial charge >= 0.3 is 6.29 Å². The Morgan fingerprint density at radius 2 is 1.83 bits per heavy atom. The highest BCUT2D eigenvalue weighted by Gasteiger charge is 2.43. The van der Waals surface area contributed by atoms with E-state index in [-0.39, 0.29) is 28.4 Å². The molecule has 2 aromatic rings. The number of rotatable bonds is 4. The smallest absolute Gasteiger partial charge is 0.395 e. The Balaban J connectivity index is 1.62. The van der Waals surface area contributed by atoms with Crippen LogP contribution in [0.25, 0.3) is 0 Å². The lowest BCUT2D eigenvalue weighted by Crippen LogP contribution is -2.37. The molecule has 11 heteroatoms. The number of carbonyl (C=O) groups excluding carboxylic acids is 1. The van der Waals surface area contributed by atoms with Gasteiger partial charge < -0.3 is 24.4 Å². The molecule has 2 aliphatic rings. The monoisotopic (exact) mass is 407 g/mol. The van der Waals surface area contributed by atoms with E-state index in [4.69, 9.17) is 4.74 Å². The van der Waals surface area contributed by atoms with Gasteiger partial charge in [-0.1, -0.05) is 0 Å². The lowest BCUT2D eigenvalue weighted by atomic mass is 10.1. The highest BCUT2D eigenvalue weighted by atomic mass is 19.3. The maximum absolute atomic E-state index is 13.2. The predicted molar refractivity (Wildman–Crippen MR) is 96.7 cm³/mol. The molecule has 1 amide bonds. The van der Waals surface area contributed by atoms with Crippen molar-refractivity contribution in [3.8, 4) is 11.5 Å². The first kappa shape index (κ1) is 18.9. The fourth-order valence-electron chi connectivity index (χ4n) is 3.12. The number of carbonyl (C=O) groups is 1. The number of non-ortho nitro benzene ring substituents is 1. The molecule has 0 spiro atoms. The molecule has 152 valence electrons. The number of hydrogen-bond donors (Lipinski definition) is 1. The summed E-state index contributed by atoms with van der Waals surface area (Å²) in [5, 5.41) is 13.7. The first-order valence-electron chi connectivity index (χ1n) is 8.65. The zero-order chi connectivity index (χ0) is 20.6. The Morgan fingerprint density at radius 1 is 1.10 bits per heavy atom. The summed E-state index contributed by atoms with van der Waals surface area (Å²) < 4.78 is 40.3. The number of ether oxygens (including phenoxy) is 3. The zero-order valence-corrected chi connectivity index (χ0v) is 14.9. The Kier molecular flexibility index (Phi) is 4.66. The minimum atomic E-state index is -3.77. The molecule has 0 bridgehead atoms. The summed E-state index contributed by atoms with van der Waals surface area (Å²) in [5.41, 5.74) is 0.541. The van der Waals surface area contributed by atoms with Crippen molar-refractivity contribution in [1.29, 1.82) is 0 Å². The Hall–Kier alpha value is -3.47. The van der Waals surface area contributed by atoms with Gasteiger partial charge in [0.1, 0.15) is 0 Å². The molecule has 0 saturated carbocycles. The van der Waals surface area contributed by atoms with E-state index in [2.05, 4.69) is 14.8 Å². The van der Waals surface area contributed by atoms with E-state index in [0.29, 0.717) is 32.0 Å². The van der Waals surface area contributed by atoms with Crippen LogP contribution in [-0.4, -0.2) is 43.4 Å². The van der Waals surface area contributed by atoms with E-state index in [1.54, 1.807) is 0 Å². The number of morpholine rings is 1. The number of amides is 1. The molecular weight excluding hydrogens is 392 g/mol. The largest absolute Gasteiger partial charge is 0.586 e. The Bertz CT molecular complexity index is 978. The van der Waals surface area contributed by atoms with Crippen molar-refractivity contribution >= 4 is 23.0 Å². The summed E-state index contributed by atoms with van der Waals surface area (Å²) in [7, 11) is 0. The van der Waals surface area contributed by atoms with Crippen LogP contribution in [0.1, 0.15) is 10.4 Å². The number of hydrogen-bond acceptors (Lipinski definition) is 7. The normalized spacial score (nSPS) is 17.1. The third-order valence-electron chi connectivity index (χ3n) is 4.45. The summed E-state index contributed by atoms with van der Waals surface area (Å²) in [6.45, 7) is 1.98. The van der Waals surface area contributed by atoms with Gasteiger partial charge in [-0.25, -0.2) is 0 Å².